The van der Waals surface area contributed by atoms with Gasteiger partial charge in [0.25, 0.3) is 0 Å². The Balaban J connectivity index is 3.61. The van der Waals surface area contributed by atoms with Gasteiger partial charge in [-0.05, 0) is 17.7 Å². The summed E-state index contributed by atoms with van der Waals surface area (Å²) < 4.78 is 47.0. The molecule has 118 valence electrons. The first kappa shape index (κ1) is 17.6. The van der Waals surface area contributed by atoms with E-state index < -0.39 is 31.1 Å². The summed E-state index contributed by atoms with van der Waals surface area (Å²) in [4.78, 5) is 10.3. The molecule has 0 aliphatic heterocycles. The lowest BCUT2D eigenvalue weighted by Gasteiger charge is -2.24. The zero-order chi connectivity index (χ0) is 16.6. The summed E-state index contributed by atoms with van der Waals surface area (Å²) in [6.45, 7) is 3.31. The normalized spacial score (nSPS) is 13.1. The summed E-state index contributed by atoms with van der Waals surface area (Å²) in [5.41, 5.74) is -0.362. The molecule has 0 radical (unpaired) electrons. The maximum atomic E-state index is 11.8. The van der Waals surface area contributed by atoms with Gasteiger partial charge < -0.3 is 5.11 Å². The molecule has 0 bridgehead atoms. The monoisotopic (exact) mass is 334 g/mol. The maximum absolute atomic E-state index is 11.8. The van der Waals surface area contributed by atoms with Crippen LogP contribution in [0.3, 0.4) is 0 Å². The van der Waals surface area contributed by atoms with E-state index in [1.54, 1.807) is 13.8 Å². The summed E-state index contributed by atoms with van der Waals surface area (Å²) >= 11 is 0. The summed E-state index contributed by atoms with van der Waals surface area (Å²) in [5.74, 6) is -1.02. The molecule has 1 aromatic rings. The van der Waals surface area contributed by atoms with Gasteiger partial charge in [-0.15, -0.1) is 0 Å². The number of hydrogen-bond acceptors (Lipinski definition) is 5. The lowest BCUT2D eigenvalue weighted by molar-refractivity contribution is -0.138. The van der Waals surface area contributed by atoms with E-state index >= 15 is 0 Å². The Morgan fingerprint density at radius 1 is 1.05 bits per heavy atom. The number of carbonyl (C=O) groups is 1. The predicted molar refractivity (Wildman–Crippen MR) is 77.9 cm³/mol. The lowest BCUT2D eigenvalue weighted by atomic mass is 9.82. The van der Waals surface area contributed by atoms with Crippen LogP contribution >= 0.6 is 0 Å². The van der Waals surface area contributed by atoms with Crippen molar-refractivity contribution < 1.29 is 26.7 Å². The Kier molecular flexibility index (Phi) is 4.55. The van der Waals surface area contributed by atoms with Crippen molar-refractivity contribution in [1.82, 2.24) is 0 Å². The topological polar surface area (TPSA) is 106 Å². The third kappa shape index (κ3) is 4.28. The van der Waals surface area contributed by atoms with Crippen molar-refractivity contribution in [2.75, 3.05) is 12.5 Å². The van der Waals surface area contributed by atoms with Crippen LogP contribution in [0.4, 0.5) is 0 Å². The molecule has 0 aliphatic carbocycles. The highest BCUT2D eigenvalue weighted by atomic mass is 32.2. The fourth-order valence-corrected chi connectivity index (χ4v) is 4.43. The van der Waals surface area contributed by atoms with Crippen LogP contribution in [-0.2, 0) is 29.9 Å². The van der Waals surface area contributed by atoms with E-state index in [2.05, 4.69) is 0 Å². The van der Waals surface area contributed by atoms with Gasteiger partial charge in [-0.3, -0.25) is 4.79 Å². The van der Waals surface area contributed by atoms with Crippen molar-refractivity contribution in [3.05, 3.63) is 23.8 Å². The van der Waals surface area contributed by atoms with E-state index in [4.69, 9.17) is 5.11 Å². The van der Waals surface area contributed by atoms with Gasteiger partial charge in [0.15, 0.2) is 19.7 Å². The molecular weight excluding hydrogens is 316 g/mol. The van der Waals surface area contributed by atoms with Crippen molar-refractivity contribution in [3.63, 3.8) is 0 Å². The van der Waals surface area contributed by atoms with Crippen molar-refractivity contribution in [2.24, 2.45) is 0 Å². The minimum Gasteiger partial charge on any atom is -0.481 e. The summed E-state index contributed by atoms with van der Waals surface area (Å²) in [6.07, 6.45) is 1.65. The second-order valence-electron chi connectivity index (χ2n) is 5.66. The zero-order valence-electron chi connectivity index (χ0n) is 12.2. The molecule has 0 saturated carbocycles. The highest BCUT2D eigenvalue weighted by Crippen LogP contribution is 2.31. The number of aliphatic carboxylic acids is 1. The first-order valence-corrected chi connectivity index (χ1v) is 9.80. The first-order valence-electron chi connectivity index (χ1n) is 6.01. The summed E-state index contributed by atoms with van der Waals surface area (Å²) in [7, 11) is -7.45. The van der Waals surface area contributed by atoms with E-state index in [1.807, 2.05) is 0 Å². The second kappa shape index (κ2) is 5.42. The highest BCUT2D eigenvalue weighted by Gasteiger charge is 2.28. The van der Waals surface area contributed by atoms with Crippen LogP contribution in [0.15, 0.2) is 28.0 Å². The van der Waals surface area contributed by atoms with Gasteiger partial charge in [0.2, 0.25) is 0 Å². The molecule has 0 amide bonds. The first-order chi connectivity index (χ1) is 9.25. The molecule has 1 aromatic carbocycles. The zero-order valence-corrected chi connectivity index (χ0v) is 13.9. The number of benzene rings is 1. The fourth-order valence-electron chi connectivity index (χ4n) is 2.01. The van der Waals surface area contributed by atoms with Gasteiger partial charge in [-0.25, -0.2) is 16.8 Å². The SMILES string of the molecule is CC(C)(CC(=O)O)c1ccc(S(C)(=O)=O)c(S(C)(=O)=O)c1. The Morgan fingerprint density at radius 3 is 1.90 bits per heavy atom. The van der Waals surface area contributed by atoms with Gasteiger partial charge >= 0.3 is 5.97 Å². The highest BCUT2D eigenvalue weighted by molar-refractivity contribution is 7.93. The van der Waals surface area contributed by atoms with Crippen molar-refractivity contribution in [1.29, 1.82) is 0 Å². The Morgan fingerprint density at radius 2 is 1.52 bits per heavy atom. The average Bonchev–Trinajstić information content (AvgIpc) is 2.24. The molecule has 0 unspecified atom stereocenters. The molecule has 1 N–H and O–H groups in total. The predicted octanol–water partition coefficient (Wildman–Crippen LogP) is 1.25. The molecule has 0 aromatic heterocycles. The van der Waals surface area contributed by atoms with Gasteiger partial charge in [0, 0.05) is 17.9 Å². The molecule has 6 nitrogen and oxygen atoms in total. The molecule has 0 heterocycles. The van der Waals surface area contributed by atoms with E-state index in [1.165, 1.54) is 18.2 Å². The van der Waals surface area contributed by atoms with Crippen molar-refractivity contribution >= 4 is 25.6 Å². The van der Waals surface area contributed by atoms with Crippen LogP contribution in [0.25, 0.3) is 0 Å². The minimum atomic E-state index is -3.75. The molecule has 0 saturated heterocycles. The van der Waals surface area contributed by atoms with Crippen LogP contribution in [0, 0.1) is 0 Å². The van der Waals surface area contributed by atoms with Gasteiger partial charge in [0.05, 0.1) is 16.2 Å². The van der Waals surface area contributed by atoms with Crippen LogP contribution in [-0.4, -0.2) is 40.4 Å². The molecule has 21 heavy (non-hydrogen) atoms. The number of carboxylic acid groups (broad SMARTS) is 1. The van der Waals surface area contributed by atoms with Crippen molar-refractivity contribution in [2.45, 2.75) is 35.5 Å². The Hall–Kier alpha value is -1.41. The molecule has 1 rings (SSSR count). The Bertz CT molecular complexity index is 773. The quantitative estimate of drug-likeness (QED) is 0.868. The van der Waals surface area contributed by atoms with E-state index in [-0.39, 0.29) is 16.2 Å². The summed E-state index contributed by atoms with van der Waals surface area (Å²) in [6, 6.07) is 3.91. The minimum absolute atomic E-state index is 0.200. The van der Waals surface area contributed by atoms with E-state index in [9.17, 15) is 21.6 Å². The van der Waals surface area contributed by atoms with Crippen LogP contribution < -0.4 is 0 Å². The van der Waals surface area contributed by atoms with Gasteiger partial charge in [-0.2, -0.15) is 0 Å². The van der Waals surface area contributed by atoms with E-state index in [0.29, 0.717) is 5.56 Å². The van der Waals surface area contributed by atoms with Gasteiger partial charge in [0.1, 0.15) is 0 Å². The molecule has 0 fully saturated rings. The van der Waals surface area contributed by atoms with Crippen LogP contribution in [0.5, 0.6) is 0 Å². The number of rotatable bonds is 5. The fraction of sp³-hybridized carbons (Fsp3) is 0.462. The molecule has 0 aliphatic rings. The number of hydrogen-bond donors (Lipinski definition) is 1. The van der Waals surface area contributed by atoms with E-state index in [0.717, 1.165) is 12.5 Å². The summed E-state index contributed by atoms with van der Waals surface area (Å²) in [5, 5.41) is 8.91. The smallest absolute Gasteiger partial charge is 0.304 e. The number of sulfone groups is 2. The van der Waals surface area contributed by atoms with Crippen LogP contribution in [0.1, 0.15) is 25.8 Å². The lowest BCUT2D eigenvalue weighted by Crippen LogP contribution is -2.22. The largest absolute Gasteiger partial charge is 0.481 e. The number of carboxylic acids is 1. The van der Waals surface area contributed by atoms with Crippen molar-refractivity contribution in [3.8, 4) is 0 Å². The Labute approximate surface area is 124 Å². The maximum Gasteiger partial charge on any atom is 0.304 e. The molecule has 0 spiro atoms. The van der Waals surface area contributed by atoms with Gasteiger partial charge in [-0.1, -0.05) is 19.9 Å². The molecule has 0 atom stereocenters. The third-order valence-electron chi connectivity index (χ3n) is 3.12. The second-order valence-corrected chi connectivity index (χ2v) is 9.63. The third-order valence-corrected chi connectivity index (χ3v) is 5.54. The van der Waals surface area contributed by atoms with Crippen LogP contribution in [0.2, 0.25) is 0 Å². The molecular formula is C13H18O6S2. The average molecular weight is 334 g/mol. The molecule has 8 heteroatoms. The standard InChI is InChI=1S/C13H18O6S2/c1-13(2,8-12(14)15)9-5-6-10(20(3,16)17)11(7-9)21(4,18)19/h5-7H,8H2,1-4H3,(H,14,15).